The van der Waals surface area contributed by atoms with Gasteiger partial charge in [0.25, 0.3) is 0 Å². The summed E-state index contributed by atoms with van der Waals surface area (Å²) in [5.74, 6) is -0.488. The fraction of sp³-hybridized carbons (Fsp3) is 0.600. The van der Waals surface area contributed by atoms with Crippen molar-refractivity contribution in [2.75, 3.05) is 26.7 Å². The molecule has 0 aliphatic heterocycles. The number of hydrogen-bond acceptors (Lipinski definition) is 4. The number of nitrogens with zero attached hydrogens (tertiary/aromatic N) is 1. The largest absolute Gasteiger partial charge is 0.466 e. The zero-order chi connectivity index (χ0) is 11.7. The third-order valence-corrected chi connectivity index (χ3v) is 1.75. The first-order valence-corrected chi connectivity index (χ1v) is 4.90. The molecular formula is C10H18N2O3. The van der Waals surface area contributed by atoms with Crippen molar-refractivity contribution in [2.24, 2.45) is 0 Å². The topological polar surface area (TPSA) is 58.6 Å². The van der Waals surface area contributed by atoms with E-state index in [1.807, 2.05) is 13.8 Å². The van der Waals surface area contributed by atoms with Crippen LogP contribution in [0.4, 0.5) is 0 Å². The molecule has 0 rings (SSSR count). The molecule has 0 aromatic heterocycles. The molecule has 0 spiro atoms. The summed E-state index contributed by atoms with van der Waals surface area (Å²) in [4.78, 5) is 23.8. The van der Waals surface area contributed by atoms with E-state index >= 15 is 0 Å². The monoisotopic (exact) mass is 214 g/mol. The van der Waals surface area contributed by atoms with Crippen LogP contribution in [0, 0.1) is 0 Å². The third-order valence-electron chi connectivity index (χ3n) is 1.75. The van der Waals surface area contributed by atoms with E-state index in [2.05, 4.69) is 10.1 Å². The molecule has 0 aromatic rings. The van der Waals surface area contributed by atoms with E-state index in [4.69, 9.17) is 0 Å². The van der Waals surface area contributed by atoms with Gasteiger partial charge in [-0.3, -0.25) is 4.79 Å². The average Bonchev–Trinajstić information content (AvgIpc) is 2.23. The molecule has 5 heteroatoms. The summed E-state index contributed by atoms with van der Waals surface area (Å²) in [7, 11) is 1.31. The SMILES string of the molecule is CCNC(=O)CN(C=CC(=O)OC)CC. The van der Waals surface area contributed by atoms with Gasteiger partial charge in [-0.2, -0.15) is 0 Å². The Morgan fingerprint density at radius 1 is 1.40 bits per heavy atom. The van der Waals surface area contributed by atoms with Gasteiger partial charge in [-0.25, -0.2) is 4.79 Å². The molecule has 1 amide bonds. The van der Waals surface area contributed by atoms with Crippen molar-refractivity contribution < 1.29 is 14.3 Å². The number of hydrogen-bond donors (Lipinski definition) is 1. The number of carbonyl (C=O) groups excluding carboxylic acids is 2. The van der Waals surface area contributed by atoms with Crippen LogP contribution in [0.1, 0.15) is 13.8 Å². The number of carbonyl (C=O) groups is 2. The summed E-state index contributed by atoms with van der Waals surface area (Å²) < 4.78 is 4.44. The van der Waals surface area contributed by atoms with Gasteiger partial charge < -0.3 is 15.0 Å². The highest BCUT2D eigenvalue weighted by Crippen LogP contribution is 1.90. The molecular weight excluding hydrogens is 196 g/mol. The molecule has 0 saturated carbocycles. The van der Waals surface area contributed by atoms with Crippen molar-refractivity contribution in [1.29, 1.82) is 0 Å². The lowest BCUT2D eigenvalue weighted by Gasteiger charge is -2.16. The second kappa shape index (κ2) is 7.84. The molecule has 5 nitrogen and oxygen atoms in total. The van der Waals surface area contributed by atoms with E-state index in [9.17, 15) is 9.59 Å². The minimum atomic E-state index is -0.427. The van der Waals surface area contributed by atoms with Crippen molar-refractivity contribution in [1.82, 2.24) is 10.2 Å². The number of rotatable bonds is 6. The van der Waals surface area contributed by atoms with Gasteiger partial charge >= 0.3 is 5.97 Å². The van der Waals surface area contributed by atoms with Crippen molar-refractivity contribution in [3.05, 3.63) is 12.3 Å². The molecule has 0 atom stereocenters. The van der Waals surface area contributed by atoms with Crippen molar-refractivity contribution in [3.8, 4) is 0 Å². The first-order chi connectivity index (χ1) is 7.13. The Balaban J connectivity index is 4.08. The highest BCUT2D eigenvalue weighted by molar-refractivity contribution is 5.82. The highest BCUT2D eigenvalue weighted by atomic mass is 16.5. The number of nitrogens with one attached hydrogen (secondary N) is 1. The summed E-state index contributed by atoms with van der Waals surface area (Å²) in [6.45, 7) is 5.28. The number of amides is 1. The zero-order valence-electron chi connectivity index (χ0n) is 9.45. The Morgan fingerprint density at radius 3 is 2.53 bits per heavy atom. The van der Waals surface area contributed by atoms with E-state index in [1.54, 1.807) is 11.1 Å². The molecule has 15 heavy (non-hydrogen) atoms. The van der Waals surface area contributed by atoms with Crippen molar-refractivity contribution in [3.63, 3.8) is 0 Å². The first kappa shape index (κ1) is 13.5. The molecule has 1 N–H and O–H groups in total. The van der Waals surface area contributed by atoms with Gasteiger partial charge in [0.1, 0.15) is 0 Å². The van der Waals surface area contributed by atoms with E-state index < -0.39 is 5.97 Å². The fourth-order valence-electron chi connectivity index (χ4n) is 0.942. The van der Waals surface area contributed by atoms with Crippen LogP contribution >= 0.6 is 0 Å². The normalized spacial score (nSPS) is 10.1. The second-order valence-electron chi connectivity index (χ2n) is 2.86. The van der Waals surface area contributed by atoms with Gasteiger partial charge in [0.2, 0.25) is 5.91 Å². The van der Waals surface area contributed by atoms with E-state index in [0.29, 0.717) is 13.1 Å². The van der Waals surface area contributed by atoms with Gasteiger partial charge in [0.15, 0.2) is 0 Å². The average molecular weight is 214 g/mol. The number of methoxy groups -OCH3 is 1. The van der Waals surface area contributed by atoms with Crippen LogP contribution in [0.2, 0.25) is 0 Å². The van der Waals surface area contributed by atoms with Crippen LogP contribution in [0.15, 0.2) is 12.3 Å². The predicted octanol–water partition coefficient (Wildman–Crippen LogP) is 0.131. The molecule has 0 radical (unpaired) electrons. The lowest BCUT2D eigenvalue weighted by atomic mass is 10.4. The standard InChI is InChI=1S/C10H18N2O3/c1-4-11-9(13)8-12(5-2)7-6-10(14)15-3/h6-7H,4-5,8H2,1-3H3,(H,11,13). The smallest absolute Gasteiger partial charge is 0.331 e. The van der Waals surface area contributed by atoms with Gasteiger partial charge in [-0.15, -0.1) is 0 Å². The van der Waals surface area contributed by atoms with Gasteiger partial charge in [-0.1, -0.05) is 0 Å². The van der Waals surface area contributed by atoms with Crippen LogP contribution in [-0.2, 0) is 14.3 Å². The molecule has 0 aliphatic rings. The van der Waals surface area contributed by atoms with Crippen LogP contribution in [0.5, 0.6) is 0 Å². The van der Waals surface area contributed by atoms with Crippen molar-refractivity contribution >= 4 is 11.9 Å². The van der Waals surface area contributed by atoms with E-state index in [1.165, 1.54) is 13.2 Å². The highest BCUT2D eigenvalue weighted by Gasteiger charge is 2.04. The van der Waals surface area contributed by atoms with Crippen LogP contribution in [0.3, 0.4) is 0 Å². The van der Waals surface area contributed by atoms with Crippen LogP contribution < -0.4 is 5.32 Å². The number of esters is 1. The van der Waals surface area contributed by atoms with Crippen LogP contribution in [-0.4, -0.2) is 43.5 Å². The van der Waals surface area contributed by atoms with E-state index in [-0.39, 0.29) is 12.5 Å². The van der Waals surface area contributed by atoms with Crippen LogP contribution in [0.25, 0.3) is 0 Å². The minimum absolute atomic E-state index is 0.0612. The quantitative estimate of drug-likeness (QED) is 0.504. The summed E-state index contributed by atoms with van der Waals surface area (Å²) in [5.41, 5.74) is 0. The minimum Gasteiger partial charge on any atom is -0.466 e. The molecule has 0 saturated heterocycles. The van der Waals surface area contributed by atoms with Crippen molar-refractivity contribution in [2.45, 2.75) is 13.8 Å². The molecule has 0 heterocycles. The lowest BCUT2D eigenvalue weighted by Crippen LogP contribution is -2.34. The Labute approximate surface area is 90.1 Å². The summed E-state index contributed by atoms with van der Waals surface area (Å²) in [5, 5.41) is 2.68. The third kappa shape index (κ3) is 6.54. The van der Waals surface area contributed by atoms with Gasteiger partial charge in [0.05, 0.1) is 13.7 Å². The Morgan fingerprint density at radius 2 is 2.07 bits per heavy atom. The number of ether oxygens (including phenoxy) is 1. The molecule has 0 aliphatic carbocycles. The Bertz CT molecular complexity index is 239. The fourth-order valence-corrected chi connectivity index (χ4v) is 0.942. The zero-order valence-corrected chi connectivity index (χ0v) is 9.45. The van der Waals surface area contributed by atoms with E-state index in [0.717, 1.165) is 0 Å². The van der Waals surface area contributed by atoms with Gasteiger partial charge in [-0.05, 0) is 13.8 Å². The second-order valence-corrected chi connectivity index (χ2v) is 2.86. The predicted molar refractivity (Wildman–Crippen MR) is 57.1 cm³/mol. The number of likely N-dealkylation sites (N-methyl/N-ethyl adjacent to an activating group) is 2. The molecule has 86 valence electrons. The lowest BCUT2D eigenvalue weighted by molar-refractivity contribution is -0.135. The molecule has 0 bridgehead atoms. The maximum absolute atomic E-state index is 11.2. The summed E-state index contributed by atoms with van der Waals surface area (Å²) in [6, 6.07) is 0. The first-order valence-electron chi connectivity index (χ1n) is 4.90. The summed E-state index contributed by atoms with van der Waals surface area (Å²) >= 11 is 0. The summed E-state index contributed by atoms with van der Waals surface area (Å²) in [6.07, 6.45) is 2.85. The maximum Gasteiger partial charge on any atom is 0.331 e. The molecule has 0 fully saturated rings. The molecule has 0 unspecified atom stereocenters. The Kier molecular flexibility index (Phi) is 7.05. The molecule has 0 aromatic carbocycles. The Hall–Kier alpha value is -1.52. The maximum atomic E-state index is 11.2. The van der Waals surface area contributed by atoms with Gasteiger partial charge in [0, 0.05) is 25.4 Å².